The number of rotatable bonds is 4. The second-order valence-corrected chi connectivity index (χ2v) is 5.46. The molecule has 5 nitrogen and oxygen atoms in total. The number of hydrogen-bond donors (Lipinski definition) is 3. The van der Waals surface area contributed by atoms with Crippen molar-refractivity contribution in [1.82, 2.24) is 15.5 Å². The second kappa shape index (κ2) is 5.52. The maximum Gasteiger partial charge on any atom is 0.227 e. The highest BCUT2D eigenvalue weighted by Crippen LogP contribution is 2.38. The van der Waals surface area contributed by atoms with Gasteiger partial charge in [0, 0.05) is 24.8 Å². The molecule has 0 spiro atoms. The van der Waals surface area contributed by atoms with Crippen molar-refractivity contribution in [3.05, 3.63) is 18.0 Å². The van der Waals surface area contributed by atoms with E-state index in [2.05, 4.69) is 22.4 Å². The van der Waals surface area contributed by atoms with Crippen molar-refractivity contribution in [3.8, 4) is 0 Å². The summed E-state index contributed by atoms with van der Waals surface area (Å²) >= 11 is 0. The average molecular weight is 250 g/mol. The van der Waals surface area contributed by atoms with Crippen molar-refractivity contribution in [1.29, 1.82) is 0 Å². The molecule has 0 aliphatic heterocycles. The third-order valence-electron chi connectivity index (χ3n) is 4.11. The molecule has 0 saturated heterocycles. The van der Waals surface area contributed by atoms with Crippen LogP contribution < -0.4 is 11.1 Å². The number of nitrogens with one attached hydrogen (secondary N) is 2. The number of aromatic amines is 1. The molecule has 0 atom stereocenters. The first kappa shape index (κ1) is 13.1. The Morgan fingerprint density at radius 1 is 1.61 bits per heavy atom. The van der Waals surface area contributed by atoms with Gasteiger partial charge in [-0.1, -0.05) is 6.92 Å². The van der Waals surface area contributed by atoms with Crippen LogP contribution in [0.4, 0.5) is 0 Å². The van der Waals surface area contributed by atoms with Gasteiger partial charge >= 0.3 is 0 Å². The molecule has 5 heteroatoms. The predicted molar refractivity (Wildman–Crippen MR) is 69.6 cm³/mol. The molecule has 0 radical (unpaired) electrons. The van der Waals surface area contributed by atoms with Crippen molar-refractivity contribution < 1.29 is 4.79 Å². The van der Waals surface area contributed by atoms with Gasteiger partial charge < -0.3 is 11.1 Å². The summed E-state index contributed by atoms with van der Waals surface area (Å²) in [6, 6.07) is 0. The molecular weight excluding hydrogens is 228 g/mol. The van der Waals surface area contributed by atoms with E-state index < -0.39 is 0 Å². The Balaban J connectivity index is 1.93. The van der Waals surface area contributed by atoms with Crippen LogP contribution in [-0.4, -0.2) is 22.6 Å². The van der Waals surface area contributed by atoms with Crippen LogP contribution in [0.5, 0.6) is 0 Å². The van der Waals surface area contributed by atoms with E-state index in [4.69, 9.17) is 5.73 Å². The first-order chi connectivity index (χ1) is 8.66. The molecule has 0 unspecified atom stereocenters. The quantitative estimate of drug-likeness (QED) is 0.750. The molecule has 100 valence electrons. The molecule has 1 heterocycles. The first-order valence-electron chi connectivity index (χ1n) is 6.62. The van der Waals surface area contributed by atoms with Crippen LogP contribution in [0.1, 0.15) is 38.2 Å². The van der Waals surface area contributed by atoms with Crippen molar-refractivity contribution in [2.75, 3.05) is 6.54 Å². The summed E-state index contributed by atoms with van der Waals surface area (Å²) < 4.78 is 0. The molecular formula is C13H22N4O. The summed E-state index contributed by atoms with van der Waals surface area (Å²) in [5, 5.41) is 9.58. The number of nitrogens with zero attached hydrogens (tertiary/aromatic N) is 1. The van der Waals surface area contributed by atoms with E-state index in [1.54, 1.807) is 12.4 Å². The number of aromatic nitrogens is 2. The van der Waals surface area contributed by atoms with Gasteiger partial charge in [-0.15, -0.1) is 0 Å². The number of amides is 1. The van der Waals surface area contributed by atoms with Gasteiger partial charge in [0.25, 0.3) is 0 Å². The SMILES string of the molecule is CC1CCC(CN)(C(=O)NCc2cn[nH]c2)CC1. The van der Waals surface area contributed by atoms with Gasteiger partial charge in [0.05, 0.1) is 11.6 Å². The number of hydrogen-bond acceptors (Lipinski definition) is 3. The smallest absolute Gasteiger partial charge is 0.227 e. The van der Waals surface area contributed by atoms with Gasteiger partial charge in [0.2, 0.25) is 5.91 Å². The van der Waals surface area contributed by atoms with E-state index in [1.165, 1.54) is 0 Å². The maximum absolute atomic E-state index is 12.3. The van der Waals surface area contributed by atoms with Crippen LogP contribution in [0.2, 0.25) is 0 Å². The van der Waals surface area contributed by atoms with Gasteiger partial charge in [-0.05, 0) is 31.6 Å². The Bertz CT molecular complexity index is 380. The second-order valence-electron chi connectivity index (χ2n) is 5.46. The summed E-state index contributed by atoms with van der Waals surface area (Å²) in [6.07, 6.45) is 7.51. The monoisotopic (exact) mass is 250 g/mol. The van der Waals surface area contributed by atoms with Crippen LogP contribution in [0.15, 0.2) is 12.4 Å². The molecule has 1 aliphatic carbocycles. The van der Waals surface area contributed by atoms with Crippen LogP contribution in [0.3, 0.4) is 0 Å². The van der Waals surface area contributed by atoms with Crippen molar-refractivity contribution in [3.63, 3.8) is 0 Å². The Labute approximate surface area is 108 Å². The Morgan fingerprint density at radius 3 is 2.89 bits per heavy atom. The molecule has 1 fully saturated rings. The molecule has 1 saturated carbocycles. The lowest BCUT2D eigenvalue weighted by atomic mass is 9.70. The Morgan fingerprint density at radius 2 is 2.33 bits per heavy atom. The molecule has 1 aromatic rings. The van der Waals surface area contributed by atoms with Crippen LogP contribution in [-0.2, 0) is 11.3 Å². The zero-order chi connectivity index (χ0) is 13.0. The van der Waals surface area contributed by atoms with Gasteiger partial charge in [0.1, 0.15) is 0 Å². The normalized spacial score (nSPS) is 28.0. The minimum Gasteiger partial charge on any atom is -0.351 e. The van der Waals surface area contributed by atoms with E-state index >= 15 is 0 Å². The Hall–Kier alpha value is -1.36. The van der Waals surface area contributed by atoms with Crippen LogP contribution in [0.25, 0.3) is 0 Å². The molecule has 18 heavy (non-hydrogen) atoms. The summed E-state index contributed by atoms with van der Waals surface area (Å²) in [6.45, 7) is 3.20. The van der Waals surface area contributed by atoms with Crippen LogP contribution in [0, 0.1) is 11.3 Å². The molecule has 2 rings (SSSR count). The minimum absolute atomic E-state index is 0.0955. The van der Waals surface area contributed by atoms with Gasteiger partial charge in [-0.2, -0.15) is 5.10 Å². The number of nitrogens with two attached hydrogens (primary N) is 1. The first-order valence-corrected chi connectivity index (χ1v) is 6.62. The summed E-state index contributed by atoms with van der Waals surface area (Å²) in [5.41, 5.74) is 6.49. The molecule has 1 aliphatic rings. The molecule has 1 amide bonds. The van der Waals surface area contributed by atoms with E-state index in [0.717, 1.165) is 31.2 Å². The summed E-state index contributed by atoms with van der Waals surface area (Å²) in [7, 11) is 0. The molecule has 1 aromatic heterocycles. The highest BCUT2D eigenvalue weighted by molar-refractivity contribution is 5.83. The zero-order valence-corrected chi connectivity index (χ0v) is 10.9. The third-order valence-corrected chi connectivity index (χ3v) is 4.11. The lowest BCUT2D eigenvalue weighted by molar-refractivity contribution is -0.133. The van der Waals surface area contributed by atoms with Gasteiger partial charge in [-0.3, -0.25) is 9.89 Å². The highest BCUT2D eigenvalue weighted by atomic mass is 16.2. The summed E-state index contributed by atoms with van der Waals surface area (Å²) in [5.74, 6) is 0.810. The minimum atomic E-state index is -0.351. The van der Waals surface area contributed by atoms with E-state index in [0.29, 0.717) is 19.0 Å². The van der Waals surface area contributed by atoms with Crippen LogP contribution >= 0.6 is 0 Å². The lowest BCUT2D eigenvalue weighted by Gasteiger charge is -2.37. The summed E-state index contributed by atoms with van der Waals surface area (Å²) in [4.78, 5) is 12.3. The van der Waals surface area contributed by atoms with Crippen molar-refractivity contribution in [2.45, 2.75) is 39.2 Å². The third kappa shape index (κ3) is 2.72. The van der Waals surface area contributed by atoms with Gasteiger partial charge in [-0.25, -0.2) is 0 Å². The largest absolute Gasteiger partial charge is 0.351 e. The van der Waals surface area contributed by atoms with E-state index in [-0.39, 0.29) is 11.3 Å². The maximum atomic E-state index is 12.3. The average Bonchev–Trinajstić information content (AvgIpc) is 2.90. The van der Waals surface area contributed by atoms with Crippen molar-refractivity contribution in [2.24, 2.45) is 17.1 Å². The number of carbonyl (C=O) groups is 1. The van der Waals surface area contributed by atoms with E-state index in [9.17, 15) is 4.79 Å². The fraction of sp³-hybridized carbons (Fsp3) is 0.692. The fourth-order valence-electron chi connectivity index (χ4n) is 2.58. The van der Waals surface area contributed by atoms with Gasteiger partial charge in [0.15, 0.2) is 0 Å². The lowest BCUT2D eigenvalue weighted by Crippen LogP contribution is -2.47. The topological polar surface area (TPSA) is 83.8 Å². The van der Waals surface area contributed by atoms with E-state index in [1.807, 2.05) is 0 Å². The number of H-pyrrole nitrogens is 1. The Kier molecular flexibility index (Phi) is 4.01. The standard InChI is InChI=1S/C13H22N4O/c1-10-2-4-13(9-14,5-3-10)12(18)15-6-11-7-16-17-8-11/h7-8,10H,2-6,9,14H2,1H3,(H,15,18)(H,16,17). The predicted octanol–water partition coefficient (Wildman–Crippen LogP) is 1.18. The zero-order valence-electron chi connectivity index (χ0n) is 10.9. The highest BCUT2D eigenvalue weighted by Gasteiger charge is 2.39. The molecule has 4 N–H and O–H groups in total. The van der Waals surface area contributed by atoms with Crippen molar-refractivity contribution >= 4 is 5.91 Å². The number of carbonyl (C=O) groups excluding carboxylic acids is 1. The fourth-order valence-corrected chi connectivity index (χ4v) is 2.58. The molecule has 0 bridgehead atoms. The molecule has 0 aromatic carbocycles.